The third-order valence-electron chi connectivity index (χ3n) is 21.6. The molecule has 0 bridgehead atoms. The van der Waals surface area contributed by atoms with Gasteiger partial charge in [0.05, 0.1) is 0 Å². The molecule has 16 unspecified atom stereocenters. The van der Waals surface area contributed by atoms with Gasteiger partial charge in [0.15, 0.2) is 0 Å². The Labute approximate surface area is 522 Å². The molecule has 0 aromatic carbocycles. The van der Waals surface area contributed by atoms with Crippen molar-refractivity contribution in [2.45, 2.75) is 292 Å². The lowest BCUT2D eigenvalue weighted by Gasteiger charge is -2.24. The molecule has 12 heteroatoms. The van der Waals surface area contributed by atoms with Crippen LogP contribution in [0.15, 0.2) is 0 Å². The smallest absolute Gasteiger partial charge is 0.219 e. The zero-order valence-electron chi connectivity index (χ0n) is 60.2. The molecule has 496 valence electrons. The largest absolute Gasteiger partial charge is 0.342 e. The predicted octanol–water partition coefficient (Wildman–Crippen LogP) is 14.8. The Morgan fingerprint density at radius 1 is 0.345 bits per heavy atom. The van der Waals surface area contributed by atoms with Crippen molar-refractivity contribution in [2.75, 3.05) is 91.6 Å². The second kappa shape index (κ2) is 42.6. The van der Waals surface area contributed by atoms with Crippen molar-refractivity contribution in [3.05, 3.63) is 0 Å². The molecule has 8 heterocycles. The van der Waals surface area contributed by atoms with Crippen molar-refractivity contribution in [3.63, 3.8) is 0 Å². The lowest BCUT2D eigenvalue weighted by molar-refractivity contribution is -0.130. The first-order valence-corrected chi connectivity index (χ1v) is 35.7. The van der Waals surface area contributed by atoms with Crippen LogP contribution < -0.4 is 0 Å². The molecule has 0 N–H and O–H groups in total. The van der Waals surface area contributed by atoms with Crippen molar-refractivity contribution in [1.82, 2.24) is 39.2 Å². The van der Waals surface area contributed by atoms with E-state index in [1.807, 2.05) is 19.6 Å². The van der Waals surface area contributed by atoms with E-state index in [1.165, 1.54) is 136 Å². The number of hydrogen-bond donors (Lipinski definition) is 0. The van der Waals surface area contributed by atoms with Crippen molar-refractivity contribution in [2.24, 2.45) is 59.2 Å². The first kappa shape index (κ1) is 79.7. The zero-order chi connectivity index (χ0) is 64.0. The molecular formula is C72H144N8O4. The molecule has 4 amide bonds. The average Bonchev–Trinajstić information content (AvgIpc) is 4.44. The maximum atomic E-state index is 11.1. The van der Waals surface area contributed by atoms with Gasteiger partial charge in [0.1, 0.15) is 0 Å². The number of nitrogens with zero attached hydrogens (tertiary/aromatic N) is 8. The van der Waals surface area contributed by atoms with Gasteiger partial charge in [-0.15, -0.1) is 0 Å². The minimum Gasteiger partial charge on any atom is -0.342 e. The van der Waals surface area contributed by atoms with E-state index in [-0.39, 0.29) is 23.6 Å². The van der Waals surface area contributed by atoms with Gasteiger partial charge in [-0.05, 0) is 170 Å². The molecule has 12 nitrogen and oxygen atoms in total. The zero-order valence-corrected chi connectivity index (χ0v) is 60.2. The molecule has 8 aliphatic heterocycles. The summed E-state index contributed by atoms with van der Waals surface area (Å²) in [6.07, 6.45) is 17.8. The summed E-state index contributed by atoms with van der Waals surface area (Å²) in [5, 5.41) is 0. The van der Waals surface area contributed by atoms with Crippen LogP contribution in [0.3, 0.4) is 0 Å². The second-order valence-electron chi connectivity index (χ2n) is 27.9. The summed E-state index contributed by atoms with van der Waals surface area (Å²) in [5.41, 5.74) is 0. The molecular weight excluding hydrogens is 1040 g/mol. The highest BCUT2D eigenvalue weighted by molar-refractivity contribution is 5.75. The summed E-state index contributed by atoms with van der Waals surface area (Å²) in [7, 11) is 0. The lowest BCUT2D eigenvalue weighted by atomic mass is 9.96. The topological polar surface area (TPSA) is 94.2 Å². The van der Waals surface area contributed by atoms with E-state index in [9.17, 15) is 19.2 Å². The molecule has 8 rings (SSSR count). The predicted molar refractivity (Wildman–Crippen MR) is 361 cm³/mol. The third-order valence-corrected chi connectivity index (χ3v) is 21.6. The Hall–Kier alpha value is -2.28. The Morgan fingerprint density at radius 3 is 1.15 bits per heavy atom. The highest BCUT2D eigenvalue weighted by Crippen LogP contribution is 2.30. The summed E-state index contributed by atoms with van der Waals surface area (Å²) < 4.78 is 0. The van der Waals surface area contributed by atoms with Crippen LogP contribution in [0.4, 0.5) is 0 Å². The first-order chi connectivity index (χ1) is 39.7. The van der Waals surface area contributed by atoms with Crippen LogP contribution in [-0.2, 0) is 19.2 Å². The molecule has 16 atom stereocenters. The quantitative estimate of drug-likeness (QED) is 0.191. The summed E-state index contributed by atoms with van der Waals surface area (Å²) in [6, 6.07) is 4.10. The number of amides is 4. The molecule has 0 radical (unpaired) electrons. The van der Waals surface area contributed by atoms with Gasteiger partial charge in [0.25, 0.3) is 0 Å². The Bertz CT molecular complexity index is 1720. The number of carbonyl (C=O) groups excluding carboxylic acids is 4. The Kier molecular flexibility index (Phi) is 40.4. The van der Waals surface area contributed by atoms with Crippen molar-refractivity contribution < 1.29 is 19.2 Å². The van der Waals surface area contributed by atoms with Gasteiger partial charge in [-0.25, -0.2) is 0 Å². The molecule has 8 fully saturated rings. The summed E-state index contributed by atoms with van der Waals surface area (Å²) in [5.74, 6) is 9.27. The fourth-order valence-corrected chi connectivity index (χ4v) is 15.7. The van der Waals surface area contributed by atoms with E-state index in [2.05, 4.69) is 158 Å². The van der Waals surface area contributed by atoms with Gasteiger partial charge in [-0.1, -0.05) is 150 Å². The van der Waals surface area contributed by atoms with Gasteiger partial charge in [-0.2, -0.15) is 0 Å². The van der Waals surface area contributed by atoms with Gasteiger partial charge in [-0.3, -0.25) is 19.2 Å². The molecule has 8 aliphatic rings. The van der Waals surface area contributed by atoms with Crippen LogP contribution in [0.1, 0.15) is 256 Å². The molecule has 84 heavy (non-hydrogen) atoms. The fraction of sp³-hybridized carbons (Fsp3) is 0.944. The number of hydrogen-bond acceptors (Lipinski definition) is 8. The molecule has 0 aromatic heterocycles. The Morgan fingerprint density at radius 2 is 0.821 bits per heavy atom. The molecule has 0 aromatic rings. The van der Waals surface area contributed by atoms with Gasteiger partial charge in [0.2, 0.25) is 23.6 Å². The number of likely N-dealkylation sites (tertiary alicyclic amines) is 8. The Balaban J connectivity index is 0.000000480. The van der Waals surface area contributed by atoms with Gasteiger partial charge < -0.3 is 39.2 Å². The highest BCUT2D eigenvalue weighted by atomic mass is 16.2. The van der Waals surface area contributed by atoms with Crippen LogP contribution in [0, 0.1) is 59.2 Å². The van der Waals surface area contributed by atoms with Crippen LogP contribution in [-0.4, -0.2) is 191 Å². The number of rotatable bonds is 12. The molecule has 0 saturated carbocycles. The average molecular weight is 1190 g/mol. The third kappa shape index (κ3) is 26.8. The minimum absolute atomic E-state index is 0.229. The van der Waals surface area contributed by atoms with E-state index in [0.29, 0.717) is 35.9 Å². The highest BCUT2D eigenvalue weighted by Gasteiger charge is 2.34. The first-order valence-electron chi connectivity index (χ1n) is 35.7. The summed E-state index contributed by atoms with van der Waals surface area (Å²) in [4.78, 5) is 62.5. The van der Waals surface area contributed by atoms with E-state index in [4.69, 9.17) is 0 Å². The SMILES string of the molecule is CCC1C(C)CCN1C(C)=O.CCC1C(C)CCN1CC.CCC1CC(C)CN1C(C)=O.CCC1CC(C)CN1CC.CCC1CC(C)N(C(C)=O)C1.CCC1CC(C)N(CC)C1.CCC1CN(C(C)=O)CC1C.CCC1CN(CC)CC1C. The maximum Gasteiger partial charge on any atom is 0.219 e. The van der Waals surface area contributed by atoms with Crippen LogP contribution in [0.25, 0.3) is 0 Å². The minimum atomic E-state index is 0.229. The van der Waals surface area contributed by atoms with Crippen molar-refractivity contribution >= 4 is 23.6 Å². The van der Waals surface area contributed by atoms with Crippen LogP contribution in [0.2, 0.25) is 0 Å². The van der Waals surface area contributed by atoms with Crippen LogP contribution in [0.5, 0.6) is 0 Å². The molecule has 8 saturated heterocycles. The second-order valence-corrected chi connectivity index (χ2v) is 27.9. The summed E-state index contributed by atoms with van der Waals surface area (Å²) >= 11 is 0. The van der Waals surface area contributed by atoms with Crippen molar-refractivity contribution in [3.8, 4) is 0 Å². The molecule has 0 spiro atoms. The fourth-order valence-electron chi connectivity index (χ4n) is 15.7. The van der Waals surface area contributed by atoms with E-state index >= 15 is 0 Å². The standard InChI is InChI=1S/4C9H17NO.4C9H19N/c1-4-9-6-10(8(3)11)5-7(9)2;1-4-9-5-7(2)10(6-9)8(3)11;1-4-9-5-7(2)6-10(9)8(3)11;1-4-9-7(2)5-6-10(9)8(3)11;1-4-9-7-10(5-2)6-8(9)3;1-4-9-6-8(3)10(5-2)7-9;1-4-9-6-8(3)7-10(9)5-2;1-4-9-8(3)6-7-10(9)5-2/h4*7,9H,4-6H2,1-3H3;4*8-9H,4-7H2,1-3H3. The summed E-state index contributed by atoms with van der Waals surface area (Å²) in [6.45, 7) is 68.4. The van der Waals surface area contributed by atoms with E-state index < -0.39 is 0 Å². The lowest BCUT2D eigenvalue weighted by Crippen LogP contribution is -2.35. The maximum absolute atomic E-state index is 11.1. The van der Waals surface area contributed by atoms with Gasteiger partial charge in [0, 0.05) is 123 Å². The van der Waals surface area contributed by atoms with E-state index in [1.54, 1.807) is 27.7 Å². The van der Waals surface area contributed by atoms with Crippen molar-refractivity contribution in [1.29, 1.82) is 0 Å². The van der Waals surface area contributed by atoms with E-state index in [0.717, 1.165) is 105 Å². The normalized spacial score (nSPS) is 33.0. The monoisotopic (exact) mass is 1190 g/mol. The number of carbonyl (C=O) groups is 4. The molecule has 0 aliphatic carbocycles. The van der Waals surface area contributed by atoms with Gasteiger partial charge >= 0.3 is 0 Å². The van der Waals surface area contributed by atoms with Crippen LogP contribution >= 0.6 is 0 Å².